The third-order valence-corrected chi connectivity index (χ3v) is 9.91. The van der Waals surface area contributed by atoms with Crippen molar-refractivity contribution < 1.29 is 13.8 Å². The van der Waals surface area contributed by atoms with Gasteiger partial charge in [0, 0.05) is 17.4 Å². The maximum atomic E-state index is 13.1. The Bertz CT molecular complexity index is 1200. The van der Waals surface area contributed by atoms with E-state index in [1.54, 1.807) is 6.92 Å². The van der Waals surface area contributed by atoms with Crippen molar-refractivity contribution in [2.24, 2.45) is 28.6 Å². The van der Waals surface area contributed by atoms with Gasteiger partial charge in [0.1, 0.15) is 0 Å². The average Bonchev–Trinajstić information content (AvgIpc) is 3.10. The van der Waals surface area contributed by atoms with Gasteiger partial charge in [-0.05, 0) is 85.5 Å². The molecule has 0 heterocycles. The molecule has 4 aliphatic rings. The summed E-state index contributed by atoms with van der Waals surface area (Å²) in [5.74, 6) is 1.45. The zero-order valence-corrected chi connectivity index (χ0v) is 20.8. The molecule has 0 saturated heterocycles. The van der Waals surface area contributed by atoms with E-state index in [2.05, 4.69) is 26.8 Å². The van der Waals surface area contributed by atoms with Crippen LogP contribution in [0.4, 0.5) is 0 Å². The summed E-state index contributed by atoms with van der Waals surface area (Å²) in [4.78, 5) is 26.0. The molecule has 0 amide bonds. The summed E-state index contributed by atoms with van der Waals surface area (Å²) < 4.78 is 12.4. The van der Waals surface area contributed by atoms with Gasteiger partial charge in [-0.2, -0.15) is 0 Å². The van der Waals surface area contributed by atoms with Crippen molar-refractivity contribution in [3.63, 3.8) is 0 Å². The summed E-state index contributed by atoms with van der Waals surface area (Å²) >= 11 is 0.528. The zero-order valence-electron chi connectivity index (χ0n) is 19.9. The highest BCUT2D eigenvalue weighted by atomic mass is 32.1. The topological polar surface area (TPSA) is 51.2 Å². The van der Waals surface area contributed by atoms with Gasteiger partial charge in [0.15, 0.2) is 11.6 Å². The number of allylic oxidation sites excluding steroid dienone is 6. The first-order valence-corrected chi connectivity index (χ1v) is 12.9. The summed E-state index contributed by atoms with van der Waals surface area (Å²) in [6.45, 7) is 8.43. The third kappa shape index (κ3) is 3.24. The lowest BCUT2D eigenvalue weighted by atomic mass is 9.47. The van der Waals surface area contributed by atoms with Crippen LogP contribution in [0.3, 0.4) is 0 Å². The van der Waals surface area contributed by atoms with Crippen molar-refractivity contribution in [1.29, 1.82) is 0 Å². The first-order valence-electron chi connectivity index (χ1n) is 12.1. The third-order valence-electron chi connectivity index (χ3n) is 9.26. The molecule has 1 aromatic rings. The molecule has 1 aromatic carbocycles. The molecule has 0 radical (unpaired) electrons. The second kappa shape index (κ2) is 7.87. The molecule has 0 spiro atoms. The Balaban J connectivity index is 1.63. The van der Waals surface area contributed by atoms with Gasteiger partial charge in [0.25, 0.3) is 0 Å². The zero-order chi connectivity index (χ0) is 23.5. The van der Waals surface area contributed by atoms with Gasteiger partial charge < -0.3 is 0 Å². The van der Waals surface area contributed by atoms with Crippen molar-refractivity contribution in [3.8, 4) is 0 Å². The predicted octanol–water partition coefficient (Wildman–Crippen LogP) is 5.61. The number of Topliss-reactive ketones (excluding diaryl/α,β-unsaturated/α-hetero) is 1. The standard InChI is InChI=1S/C29H32O3S/c1-17-14-21-23(28(3)12-10-20(31)15-24(17)28)11-13-29(4)25(21)16-22(26(29)18(2)30)27(33-32)19-8-6-5-7-9-19/h5-9,14-15,21,23,25H,10-13,16H2,1-4H3/t21-,23+,25+,28-,29+/m1/s1. The molecule has 172 valence electrons. The molecule has 4 aliphatic carbocycles. The minimum atomic E-state index is -0.225. The van der Waals surface area contributed by atoms with Crippen LogP contribution >= 0.6 is 0 Å². The monoisotopic (exact) mass is 460 g/mol. The lowest BCUT2D eigenvalue weighted by Crippen LogP contribution is -2.49. The maximum Gasteiger partial charge on any atom is 0.156 e. The lowest BCUT2D eigenvalue weighted by molar-refractivity contribution is -0.117. The lowest BCUT2D eigenvalue weighted by Gasteiger charge is -2.56. The minimum Gasteiger partial charge on any atom is -0.295 e. The summed E-state index contributed by atoms with van der Waals surface area (Å²) in [6, 6.07) is 9.80. The van der Waals surface area contributed by atoms with Crippen LogP contribution in [0.1, 0.15) is 65.4 Å². The van der Waals surface area contributed by atoms with E-state index < -0.39 is 0 Å². The molecule has 0 aromatic heterocycles. The normalized spacial score (nSPS) is 35.2. The van der Waals surface area contributed by atoms with Gasteiger partial charge in [-0.3, -0.25) is 9.59 Å². The number of benzene rings is 1. The van der Waals surface area contributed by atoms with Crippen LogP contribution in [0.2, 0.25) is 0 Å². The van der Waals surface area contributed by atoms with Crippen molar-refractivity contribution >= 4 is 27.7 Å². The highest BCUT2D eigenvalue weighted by Gasteiger charge is 2.59. The molecule has 33 heavy (non-hydrogen) atoms. The van der Waals surface area contributed by atoms with E-state index in [0.717, 1.165) is 42.4 Å². The van der Waals surface area contributed by atoms with E-state index in [1.165, 1.54) is 11.1 Å². The van der Waals surface area contributed by atoms with Crippen LogP contribution in [0.15, 0.2) is 64.8 Å². The van der Waals surface area contributed by atoms with Gasteiger partial charge in [0.2, 0.25) is 0 Å². The maximum absolute atomic E-state index is 13.1. The summed E-state index contributed by atoms with van der Waals surface area (Å²) in [7, 11) is 0. The Hall–Kier alpha value is -2.33. The Labute approximate surface area is 200 Å². The number of hydrogen-bond donors (Lipinski definition) is 0. The quantitative estimate of drug-likeness (QED) is 0.435. The van der Waals surface area contributed by atoms with Crippen molar-refractivity contribution in [3.05, 3.63) is 70.3 Å². The van der Waals surface area contributed by atoms with Gasteiger partial charge in [-0.25, -0.2) is 4.21 Å². The molecular weight excluding hydrogens is 428 g/mol. The van der Waals surface area contributed by atoms with E-state index in [0.29, 0.717) is 40.3 Å². The summed E-state index contributed by atoms with van der Waals surface area (Å²) in [5, 5.41) is 0. The number of carbonyl (C=O) groups is 2. The Morgan fingerprint density at radius 2 is 1.79 bits per heavy atom. The predicted molar refractivity (Wildman–Crippen MR) is 133 cm³/mol. The minimum absolute atomic E-state index is 0.0111. The fraction of sp³-hybridized carbons (Fsp3) is 0.483. The second-order valence-electron chi connectivity index (χ2n) is 10.9. The number of ketones is 2. The van der Waals surface area contributed by atoms with Crippen LogP contribution < -0.4 is 0 Å². The van der Waals surface area contributed by atoms with Gasteiger partial charge >= 0.3 is 0 Å². The van der Waals surface area contributed by atoms with Crippen molar-refractivity contribution in [2.45, 2.75) is 59.8 Å². The summed E-state index contributed by atoms with van der Waals surface area (Å²) in [5.41, 5.74) is 4.99. The second-order valence-corrected chi connectivity index (χ2v) is 11.5. The van der Waals surface area contributed by atoms with Crippen LogP contribution in [0.5, 0.6) is 0 Å². The van der Waals surface area contributed by atoms with Gasteiger partial charge in [0.05, 0.1) is 16.1 Å². The first-order chi connectivity index (χ1) is 15.7. The van der Waals surface area contributed by atoms with E-state index in [9.17, 15) is 13.8 Å². The molecule has 0 unspecified atom stereocenters. The number of hydrogen-bond acceptors (Lipinski definition) is 3. The fourth-order valence-corrected chi connectivity index (χ4v) is 8.30. The van der Waals surface area contributed by atoms with Gasteiger partial charge in [-0.15, -0.1) is 0 Å². The SMILES string of the molecule is CC(=O)C1=C(C(=S=O)c2ccccc2)C[C@H]2[C@@H]3C=C(C)C4=CC(=O)CC[C@]4(C)[C@H]3CC[C@]12C. The molecule has 0 N–H and O–H groups in total. The van der Waals surface area contributed by atoms with Crippen LogP contribution in [0.25, 0.3) is 0 Å². The molecule has 5 atom stereocenters. The first kappa shape index (κ1) is 22.5. The molecule has 4 heteroatoms. The molecule has 0 bridgehead atoms. The average molecular weight is 461 g/mol. The Morgan fingerprint density at radius 1 is 1.06 bits per heavy atom. The number of fused-ring (bicyclic) bond motifs is 5. The van der Waals surface area contributed by atoms with E-state index in [1.807, 2.05) is 36.4 Å². The smallest absolute Gasteiger partial charge is 0.156 e. The fourth-order valence-electron chi connectivity index (χ4n) is 7.78. The highest BCUT2D eigenvalue weighted by molar-refractivity contribution is 7.67. The molecule has 3 nitrogen and oxygen atoms in total. The van der Waals surface area contributed by atoms with E-state index in [-0.39, 0.29) is 22.4 Å². The highest BCUT2D eigenvalue weighted by Crippen LogP contribution is 2.66. The van der Waals surface area contributed by atoms with Crippen molar-refractivity contribution in [1.82, 2.24) is 0 Å². The number of rotatable bonds is 3. The summed E-state index contributed by atoms with van der Waals surface area (Å²) in [6.07, 6.45) is 8.58. The Kier molecular flexibility index (Phi) is 5.36. The molecule has 5 rings (SSSR count). The van der Waals surface area contributed by atoms with Crippen LogP contribution in [-0.2, 0) is 20.8 Å². The van der Waals surface area contributed by atoms with Crippen molar-refractivity contribution in [2.75, 3.05) is 0 Å². The Morgan fingerprint density at radius 3 is 2.45 bits per heavy atom. The molecule has 1 saturated carbocycles. The molecular formula is C29H32O3S. The number of carbonyl (C=O) groups excluding carboxylic acids is 2. The van der Waals surface area contributed by atoms with Gasteiger partial charge in [-0.1, -0.05) is 55.8 Å². The van der Waals surface area contributed by atoms with E-state index >= 15 is 0 Å². The van der Waals surface area contributed by atoms with E-state index in [4.69, 9.17) is 0 Å². The molecule has 1 fully saturated rings. The largest absolute Gasteiger partial charge is 0.295 e. The van der Waals surface area contributed by atoms with Crippen LogP contribution in [0, 0.1) is 28.6 Å². The molecule has 0 aliphatic heterocycles. The van der Waals surface area contributed by atoms with Crippen LogP contribution in [-0.4, -0.2) is 20.6 Å².